The number of esters is 1. The van der Waals surface area contributed by atoms with Crippen molar-refractivity contribution in [2.24, 2.45) is 5.92 Å². The summed E-state index contributed by atoms with van der Waals surface area (Å²) in [4.78, 5) is 30.1. The molecule has 0 radical (unpaired) electrons. The normalized spacial score (nSPS) is 13.4. The maximum atomic E-state index is 13.1. The Bertz CT molecular complexity index is 1340. The third-order valence-electron chi connectivity index (χ3n) is 6.64. The molecule has 4 aromatic rings. The van der Waals surface area contributed by atoms with Crippen LogP contribution in [0.4, 0.5) is 0 Å². The van der Waals surface area contributed by atoms with E-state index in [4.69, 9.17) is 4.74 Å². The molecule has 0 bridgehead atoms. The van der Waals surface area contributed by atoms with Crippen LogP contribution in [-0.2, 0) is 11.3 Å². The number of nitrogens with one attached hydrogen (secondary N) is 1. The molecule has 1 amide bonds. The highest BCUT2D eigenvalue weighted by molar-refractivity contribution is 5.98. The minimum absolute atomic E-state index is 0.188. The number of fused-ring (bicyclic) bond motifs is 1. The van der Waals surface area contributed by atoms with E-state index in [1.807, 2.05) is 22.8 Å². The molecule has 1 saturated carbocycles. The van der Waals surface area contributed by atoms with E-state index in [1.165, 1.54) is 6.42 Å². The molecule has 1 N–H and O–H groups in total. The SMILES string of the molecule is CCOC(=O)c1ccc2nc(C(=O)NCC3CCC3)n(Cc3ccc(-c4ccccc4)cc3)c2c1. The fraction of sp³-hybridized carbons (Fsp3) is 0.276. The van der Waals surface area contributed by atoms with Crippen LogP contribution in [0.5, 0.6) is 0 Å². The monoisotopic (exact) mass is 467 g/mol. The first-order valence-electron chi connectivity index (χ1n) is 12.2. The molecule has 6 nitrogen and oxygen atoms in total. The maximum Gasteiger partial charge on any atom is 0.338 e. The van der Waals surface area contributed by atoms with Crippen LogP contribution in [0.15, 0.2) is 72.8 Å². The molecule has 1 aromatic heterocycles. The number of amides is 1. The van der Waals surface area contributed by atoms with Crippen molar-refractivity contribution in [3.05, 3.63) is 89.7 Å². The summed E-state index contributed by atoms with van der Waals surface area (Å²) >= 11 is 0. The predicted molar refractivity (Wildman–Crippen MR) is 136 cm³/mol. The summed E-state index contributed by atoms with van der Waals surface area (Å²) < 4.78 is 7.07. The van der Waals surface area contributed by atoms with E-state index in [2.05, 4.69) is 46.7 Å². The third-order valence-corrected chi connectivity index (χ3v) is 6.64. The maximum absolute atomic E-state index is 13.1. The highest BCUT2D eigenvalue weighted by atomic mass is 16.5. The fourth-order valence-electron chi connectivity index (χ4n) is 4.43. The Hall–Kier alpha value is -3.93. The van der Waals surface area contributed by atoms with Crippen molar-refractivity contribution in [2.45, 2.75) is 32.7 Å². The topological polar surface area (TPSA) is 73.2 Å². The van der Waals surface area contributed by atoms with Gasteiger partial charge in [0.1, 0.15) is 0 Å². The van der Waals surface area contributed by atoms with Crippen LogP contribution >= 0.6 is 0 Å². The number of nitrogens with zero attached hydrogens (tertiary/aromatic N) is 2. The minimum atomic E-state index is -0.384. The average molecular weight is 468 g/mol. The molecule has 0 spiro atoms. The number of hydrogen-bond donors (Lipinski definition) is 1. The van der Waals surface area contributed by atoms with Crippen molar-refractivity contribution in [1.29, 1.82) is 0 Å². The predicted octanol–water partition coefficient (Wildman–Crippen LogP) is 5.46. The summed E-state index contributed by atoms with van der Waals surface area (Å²) in [6.07, 6.45) is 3.55. The lowest BCUT2D eigenvalue weighted by Crippen LogP contribution is -2.33. The smallest absolute Gasteiger partial charge is 0.338 e. The van der Waals surface area contributed by atoms with E-state index in [9.17, 15) is 9.59 Å². The molecular formula is C29H29N3O3. The number of rotatable bonds is 8. The van der Waals surface area contributed by atoms with Crippen molar-refractivity contribution >= 4 is 22.9 Å². The molecule has 0 unspecified atom stereocenters. The van der Waals surface area contributed by atoms with Crippen molar-refractivity contribution in [1.82, 2.24) is 14.9 Å². The Morgan fingerprint density at radius 1 is 1.00 bits per heavy atom. The summed E-state index contributed by atoms with van der Waals surface area (Å²) in [5.41, 5.74) is 5.18. The number of imidazole rings is 1. The molecule has 5 rings (SSSR count). The van der Waals surface area contributed by atoms with E-state index in [1.54, 1.807) is 25.1 Å². The quantitative estimate of drug-likeness (QED) is 0.349. The van der Waals surface area contributed by atoms with Crippen molar-refractivity contribution in [2.75, 3.05) is 13.2 Å². The average Bonchev–Trinajstić information content (AvgIpc) is 3.22. The van der Waals surface area contributed by atoms with Crippen molar-refractivity contribution in [3.63, 3.8) is 0 Å². The van der Waals surface area contributed by atoms with E-state index < -0.39 is 0 Å². The second-order valence-electron chi connectivity index (χ2n) is 9.02. The molecule has 6 heteroatoms. The van der Waals surface area contributed by atoms with Gasteiger partial charge in [-0.1, -0.05) is 61.0 Å². The van der Waals surface area contributed by atoms with E-state index in [0.717, 1.165) is 35.0 Å². The molecular weight excluding hydrogens is 438 g/mol. The summed E-state index contributed by atoms with van der Waals surface area (Å²) in [6, 6.07) is 23.8. The summed E-state index contributed by atoms with van der Waals surface area (Å²) in [5.74, 6) is 0.335. The molecule has 1 heterocycles. The largest absolute Gasteiger partial charge is 0.462 e. The minimum Gasteiger partial charge on any atom is -0.462 e. The van der Waals surface area contributed by atoms with Crippen LogP contribution < -0.4 is 5.32 Å². The van der Waals surface area contributed by atoms with Gasteiger partial charge in [0.05, 0.1) is 23.2 Å². The summed E-state index contributed by atoms with van der Waals surface area (Å²) in [6.45, 7) is 3.22. The van der Waals surface area contributed by atoms with E-state index in [-0.39, 0.29) is 11.9 Å². The number of carbonyl (C=O) groups is 2. The molecule has 1 fully saturated rings. The number of carbonyl (C=O) groups excluding carboxylic acids is 2. The molecule has 1 aliphatic rings. The van der Waals surface area contributed by atoms with Gasteiger partial charge < -0.3 is 14.6 Å². The van der Waals surface area contributed by atoms with Gasteiger partial charge in [0.25, 0.3) is 5.91 Å². The van der Waals surface area contributed by atoms with Gasteiger partial charge in [-0.25, -0.2) is 9.78 Å². The molecule has 0 aliphatic heterocycles. The lowest BCUT2D eigenvalue weighted by atomic mass is 9.85. The zero-order valence-corrected chi connectivity index (χ0v) is 19.9. The van der Waals surface area contributed by atoms with Gasteiger partial charge in [-0.2, -0.15) is 0 Å². The third kappa shape index (κ3) is 4.97. The van der Waals surface area contributed by atoms with Gasteiger partial charge in [-0.3, -0.25) is 4.79 Å². The van der Waals surface area contributed by atoms with Crippen molar-refractivity contribution in [3.8, 4) is 11.1 Å². The van der Waals surface area contributed by atoms with Crippen LogP contribution in [0.2, 0.25) is 0 Å². The Morgan fingerprint density at radius 3 is 2.43 bits per heavy atom. The molecule has 35 heavy (non-hydrogen) atoms. The molecule has 3 aromatic carbocycles. The first-order valence-corrected chi connectivity index (χ1v) is 12.2. The highest BCUT2D eigenvalue weighted by Crippen LogP contribution is 2.26. The lowest BCUT2D eigenvalue weighted by Gasteiger charge is -2.25. The van der Waals surface area contributed by atoms with Gasteiger partial charge in [0, 0.05) is 13.1 Å². The van der Waals surface area contributed by atoms with Gasteiger partial charge in [0.15, 0.2) is 5.82 Å². The van der Waals surface area contributed by atoms with Crippen LogP contribution in [0, 0.1) is 5.92 Å². The van der Waals surface area contributed by atoms with Gasteiger partial charge in [-0.05, 0) is 60.6 Å². The molecule has 178 valence electrons. The fourth-order valence-corrected chi connectivity index (χ4v) is 4.43. The van der Waals surface area contributed by atoms with Crippen LogP contribution in [0.25, 0.3) is 22.2 Å². The second kappa shape index (κ2) is 10.1. The van der Waals surface area contributed by atoms with Crippen LogP contribution in [-0.4, -0.2) is 34.6 Å². The lowest BCUT2D eigenvalue weighted by molar-refractivity contribution is 0.0526. The Balaban J connectivity index is 1.48. The van der Waals surface area contributed by atoms with Crippen LogP contribution in [0.1, 0.15) is 52.7 Å². The number of aromatic nitrogens is 2. The first-order chi connectivity index (χ1) is 17.1. The molecule has 0 saturated heterocycles. The highest BCUT2D eigenvalue weighted by Gasteiger charge is 2.22. The zero-order chi connectivity index (χ0) is 24.2. The van der Waals surface area contributed by atoms with Crippen LogP contribution in [0.3, 0.4) is 0 Å². The number of ether oxygens (including phenoxy) is 1. The Labute approximate surface area is 204 Å². The Kier molecular flexibility index (Phi) is 6.62. The van der Waals surface area contributed by atoms with E-state index >= 15 is 0 Å². The van der Waals surface area contributed by atoms with Crippen molar-refractivity contribution < 1.29 is 14.3 Å². The summed E-state index contributed by atoms with van der Waals surface area (Å²) in [5, 5.41) is 3.06. The van der Waals surface area contributed by atoms with Gasteiger partial charge in [0.2, 0.25) is 0 Å². The molecule has 0 atom stereocenters. The first kappa shape index (κ1) is 22.8. The van der Waals surface area contributed by atoms with Gasteiger partial charge >= 0.3 is 5.97 Å². The summed E-state index contributed by atoms with van der Waals surface area (Å²) in [7, 11) is 0. The number of hydrogen-bond acceptors (Lipinski definition) is 4. The molecule has 1 aliphatic carbocycles. The standard InChI is InChI=1S/C29H29N3O3/c1-2-35-29(34)24-15-16-25-26(17-24)32(27(31-25)28(33)30-18-20-7-6-8-20)19-21-11-13-23(14-12-21)22-9-4-3-5-10-22/h3-5,9-17,20H,2,6-8,18-19H2,1H3,(H,30,33). The van der Waals surface area contributed by atoms with Gasteiger partial charge in [-0.15, -0.1) is 0 Å². The zero-order valence-electron chi connectivity index (χ0n) is 19.9. The van der Waals surface area contributed by atoms with E-state index in [0.29, 0.717) is 42.5 Å². The number of benzene rings is 3. The second-order valence-corrected chi connectivity index (χ2v) is 9.02. The Morgan fingerprint density at radius 2 is 1.74 bits per heavy atom.